The Morgan fingerprint density at radius 2 is 2.29 bits per heavy atom. The van der Waals surface area contributed by atoms with E-state index in [2.05, 4.69) is 4.90 Å². The van der Waals surface area contributed by atoms with Crippen LogP contribution >= 0.6 is 11.6 Å². The Hall–Kier alpha value is -0.960. The molecule has 0 unspecified atom stereocenters. The summed E-state index contributed by atoms with van der Waals surface area (Å²) in [5.74, 6) is -0.361. The molecule has 4 heteroatoms. The highest BCUT2D eigenvalue weighted by atomic mass is 35.5. The molecule has 0 bridgehead atoms. The molecule has 0 saturated carbocycles. The second kappa shape index (κ2) is 3.65. The topological polar surface area (TPSA) is 29.3 Å². The molecular formula is C10H12ClFN2. The van der Waals surface area contributed by atoms with Gasteiger partial charge in [-0.05, 0) is 24.6 Å². The minimum absolute atomic E-state index is 0.176. The predicted octanol–water partition coefficient (Wildman–Crippen LogP) is 2.23. The molecule has 1 heterocycles. The number of halogens is 2. The van der Waals surface area contributed by atoms with Crippen molar-refractivity contribution in [2.75, 3.05) is 23.7 Å². The number of nitrogens with zero attached hydrogens (tertiary/aromatic N) is 1. The van der Waals surface area contributed by atoms with Crippen molar-refractivity contribution in [1.29, 1.82) is 0 Å². The van der Waals surface area contributed by atoms with E-state index in [0.29, 0.717) is 0 Å². The Morgan fingerprint density at radius 3 is 2.86 bits per heavy atom. The maximum Gasteiger partial charge on any atom is 0.148 e. The molecule has 1 aromatic carbocycles. The fraction of sp³-hybridized carbons (Fsp3) is 0.400. The van der Waals surface area contributed by atoms with Crippen molar-refractivity contribution in [1.82, 2.24) is 0 Å². The molecular weight excluding hydrogens is 203 g/mol. The molecule has 1 atom stereocenters. The van der Waals surface area contributed by atoms with Crippen LogP contribution in [0.5, 0.6) is 0 Å². The average Bonchev–Trinajstić information content (AvgIpc) is 2.57. The summed E-state index contributed by atoms with van der Waals surface area (Å²) in [5.41, 5.74) is 6.45. The van der Waals surface area contributed by atoms with E-state index in [1.54, 1.807) is 6.07 Å². The van der Waals surface area contributed by atoms with Crippen molar-refractivity contribution in [2.24, 2.45) is 0 Å². The summed E-state index contributed by atoms with van der Waals surface area (Å²) in [5, 5.41) is 0.176. The monoisotopic (exact) mass is 214 g/mol. The number of hydrogen-bond acceptors (Lipinski definition) is 2. The van der Waals surface area contributed by atoms with Gasteiger partial charge in [-0.25, -0.2) is 4.39 Å². The van der Waals surface area contributed by atoms with Gasteiger partial charge in [0.05, 0.1) is 11.1 Å². The molecule has 2 N–H and O–H groups in total. The lowest BCUT2D eigenvalue weighted by molar-refractivity contribution is 0.632. The van der Waals surface area contributed by atoms with Gasteiger partial charge in [-0.2, -0.15) is 0 Å². The SMILES string of the molecule is Nc1ccc(N2CC[C@H](Cl)C2)cc1F. The third kappa shape index (κ3) is 1.77. The molecule has 0 amide bonds. The number of benzene rings is 1. The molecule has 1 aliphatic rings. The van der Waals surface area contributed by atoms with Crippen LogP contribution in [0, 0.1) is 5.82 Å². The van der Waals surface area contributed by atoms with Crippen LogP contribution in [0.25, 0.3) is 0 Å². The van der Waals surface area contributed by atoms with E-state index < -0.39 is 0 Å². The first-order valence-electron chi connectivity index (χ1n) is 4.61. The Labute approximate surface area is 87.5 Å². The van der Waals surface area contributed by atoms with Gasteiger partial charge in [-0.15, -0.1) is 11.6 Å². The first-order valence-corrected chi connectivity index (χ1v) is 5.04. The molecule has 1 saturated heterocycles. The molecule has 14 heavy (non-hydrogen) atoms. The number of nitrogens with two attached hydrogens (primary N) is 1. The zero-order chi connectivity index (χ0) is 10.1. The van der Waals surface area contributed by atoms with E-state index in [-0.39, 0.29) is 16.9 Å². The Kier molecular flexibility index (Phi) is 2.50. The van der Waals surface area contributed by atoms with Gasteiger partial charge in [0.1, 0.15) is 5.82 Å². The van der Waals surface area contributed by atoms with Gasteiger partial charge in [0.15, 0.2) is 0 Å². The van der Waals surface area contributed by atoms with E-state index in [9.17, 15) is 4.39 Å². The van der Waals surface area contributed by atoms with Gasteiger partial charge in [0, 0.05) is 18.8 Å². The molecule has 1 fully saturated rings. The smallest absolute Gasteiger partial charge is 0.148 e. The van der Waals surface area contributed by atoms with Crippen molar-refractivity contribution >= 4 is 23.0 Å². The fourth-order valence-electron chi connectivity index (χ4n) is 1.66. The number of alkyl halides is 1. The van der Waals surface area contributed by atoms with Crippen molar-refractivity contribution < 1.29 is 4.39 Å². The van der Waals surface area contributed by atoms with Gasteiger partial charge in [0.25, 0.3) is 0 Å². The Morgan fingerprint density at radius 1 is 1.50 bits per heavy atom. The van der Waals surface area contributed by atoms with Crippen molar-refractivity contribution in [3.8, 4) is 0 Å². The largest absolute Gasteiger partial charge is 0.396 e. The summed E-state index contributed by atoms with van der Waals surface area (Å²) in [6.07, 6.45) is 0.952. The van der Waals surface area contributed by atoms with Crippen LogP contribution < -0.4 is 10.6 Å². The van der Waals surface area contributed by atoms with Crippen molar-refractivity contribution in [3.63, 3.8) is 0 Å². The minimum atomic E-state index is -0.361. The Bertz CT molecular complexity index is 343. The standard InChI is InChI=1S/C10H12ClFN2/c11-7-3-4-14(6-7)8-1-2-10(13)9(12)5-8/h1-2,5,7H,3-4,6,13H2/t7-/m0/s1. The highest BCUT2D eigenvalue weighted by Gasteiger charge is 2.20. The third-order valence-corrected chi connectivity index (χ3v) is 2.84. The van der Waals surface area contributed by atoms with E-state index in [1.807, 2.05) is 6.07 Å². The maximum atomic E-state index is 13.1. The van der Waals surface area contributed by atoms with Crippen LogP contribution in [0.3, 0.4) is 0 Å². The molecule has 2 rings (SSSR count). The lowest BCUT2D eigenvalue weighted by Gasteiger charge is -2.17. The first kappa shape index (κ1) is 9.59. The van der Waals surface area contributed by atoms with E-state index in [0.717, 1.165) is 25.2 Å². The summed E-state index contributed by atoms with van der Waals surface area (Å²) < 4.78 is 13.1. The van der Waals surface area contributed by atoms with Crippen molar-refractivity contribution in [2.45, 2.75) is 11.8 Å². The summed E-state index contributed by atoms with van der Waals surface area (Å²) >= 11 is 5.97. The molecule has 1 aliphatic heterocycles. The summed E-state index contributed by atoms with van der Waals surface area (Å²) in [7, 11) is 0. The van der Waals surface area contributed by atoms with E-state index in [1.165, 1.54) is 6.07 Å². The van der Waals surface area contributed by atoms with Crippen LogP contribution in [0.1, 0.15) is 6.42 Å². The Balaban J connectivity index is 2.20. The lowest BCUT2D eigenvalue weighted by atomic mass is 10.2. The maximum absolute atomic E-state index is 13.1. The molecule has 0 spiro atoms. The average molecular weight is 215 g/mol. The lowest BCUT2D eigenvalue weighted by Crippen LogP contribution is -2.19. The second-order valence-corrected chi connectivity index (χ2v) is 4.16. The summed E-state index contributed by atoms with van der Waals surface area (Å²) in [4.78, 5) is 2.07. The van der Waals surface area contributed by atoms with Crippen LogP contribution in [0.2, 0.25) is 0 Å². The zero-order valence-corrected chi connectivity index (χ0v) is 8.47. The number of anilines is 2. The van der Waals surface area contributed by atoms with Crippen LogP contribution in [-0.2, 0) is 0 Å². The summed E-state index contributed by atoms with van der Waals surface area (Å²) in [6.45, 7) is 1.67. The third-order valence-electron chi connectivity index (χ3n) is 2.48. The van der Waals surface area contributed by atoms with Gasteiger partial charge < -0.3 is 10.6 Å². The van der Waals surface area contributed by atoms with Gasteiger partial charge in [-0.3, -0.25) is 0 Å². The quantitative estimate of drug-likeness (QED) is 0.574. The highest BCUT2D eigenvalue weighted by molar-refractivity contribution is 6.21. The number of hydrogen-bond donors (Lipinski definition) is 1. The molecule has 76 valence electrons. The van der Waals surface area contributed by atoms with E-state index >= 15 is 0 Å². The van der Waals surface area contributed by atoms with Crippen molar-refractivity contribution in [3.05, 3.63) is 24.0 Å². The first-order chi connectivity index (χ1) is 6.66. The highest BCUT2D eigenvalue weighted by Crippen LogP contribution is 2.25. The number of rotatable bonds is 1. The zero-order valence-electron chi connectivity index (χ0n) is 7.71. The van der Waals surface area contributed by atoms with Gasteiger partial charge in [0.2, 0.25) is 0 Å². The van der Waals surface area contributed by atoms with Crippen LogP contribution in [0.4, 0.5) is 15.8 Å². The second-order valence-electron chi connectivity index (χ2n) is 3.54. The molecule has 0 radical (unpaired) electrons. The van der Waals surface area contributed by atoms with Crippen LogP contribution in [-0.4, -0.2) is 18.5 Å². The van der Waals surface area contributed by atoms with Gasteiger partial charge >= 0.3 is 0 Å². The predicted molar refractivity (Wildman–Crippen MR) is 57.3 cm³/mol. The molecule has 2 nitrogen and oxygen atoms in total. The molecule has 0 aromatic heterocycles. The molecule has 1 aromatic rings. The number of nitrogen functional groups attached to an aromatic ring is 1. The van der Waals surface area contributed by atoms with E-state index in [4.69, 9.17) is 17.3 Å². The summed E-state index contributed by atoms with van der Waals surface area (Å²) in [6, 6.07) is 4.88. The van der Waals surface area contributed by atoms with Crippen LogP contribution in [0.15, 0.2) is 18.2 Å². The normalized spacial score (nSPS) is 21.6. The minimum Gasteiger partial charge on any atom is -0.396 e. The molecule has 0 aliphatic carbocycles. The van der Waals surface area contributed by atoms with Gasteiger partial charge in [-0.1, -0.05) is 0 Å². The fourth-order valence-corrected chi connectivity index (χ4v) is 1.93.